The van der Waals surface area contributed by atoms with Crippen LogP contribution in [0.5, 0.6) is 0 Å². The molecule has 39 heavy (non-hydrogen) atoms. The van der Waals surface area contributed by atoms with Gasteiger partial charge in [-0.15, -0.1) is 11.3 Å². The summed E-state index contributed by atoms with van der Waals surface area (Å²) >= 11 is 1.90. The van der Waals surface area contributed by atoms with Gasteiger partial charge in [-0.05, 0) is 31.9 Å². The van der Waals surface area contributed by atoms with Crippen LogP contribution in [0.2, 0.25) is 0 Å². The van der Waals surface area contributed by atoms with E-state index in [1.807, 2.05) is 11.3 Å². The number of carboxylic acid groups (broad SMARTS) is 2. The Balaban J connectivity index is 0.000000317. The average Bonchev–Trinajstić information content (AvgIpc) is 3.44. The molecule has 16 heteroatoms. The molecule has 0 aliphatic carbocycles. The average molecular weight is 592 g/mol. The Morgan fingerprint density at radius 3 is 2.00 bits per heavy atom. The summed E-state index contributed by atoms with van der Waals surface area (Å²) in [6.45, 7) is 9.86. The van der Waals surface area contributed by atoms with Crippen molar-refractivity contribution in [3.05, 3.63) is 21.9 Å². The lowest BCUT2D eigenvalue weighted by molar-refractivity contribution is -0.193. The van der Waals surface area contributed by atoms with Crippen LogP contribution in [0.15, 0.2) is 12.1 Å². The number of carbonyl (C=O) groups excluding carboxylic acids is 1. The summed E-state index contributed by atoms with van der Waals surface area (Å²) in [5.74, 6) is -5.15. The molecule has 222 valence electrons. The summed E-state index contributed by atoms with van der Waals surface area (Å²) in [7, 11) is 0. The normalized spacial score (nSPS) is 22.3. The third-order valence-electron chi connectivity index (χ3n) is 6.40. The van der Waals surface area contributed by atoms with Crippen molar-refractivity contribution in [1.82, 2.24) is 14.7 Å². The van der Waals surface area contributed by atoms with Gasteiger partial charge in [0.15, 0.2) is 0 Å². The number of fused-ring (bicyclic) bond motifs is 1. The zero-order valence-corrected chi connectivity index (χ0v) is 21.9. The Morgan fingerprint density at radius 2 is 1.51 bits per heavy atom. The molecule has 0 saturated carbocycles. The number of morpholine rings is 1. The fraction of sp³-hybridized carbons (Fsp3) is 0.696. The fourth-order valence-corrected chi connectivity index (χ4v) is 5.49. The zero-order valence-electron chi connectivity index (χ0n) is 21.1. The smallest absolute Gasteiger partial charge is 0.475 e. The highest BCUT2D eigenvalue weighted by Gasteiger charge is 2.43. The van der Waals surface area contributed by atoms with E-state index in [9.17, 15) is 31.1 Å². The number of amides is 1. The van der Waals surface area contributed by atoms with E-state index in [-0.39, 0.29) is 0 Å². The number of alkyl halides is 6. The van der Waals surface area contributed by atoms with E-state index in [1.165, 1.54) is 9.75 Å². The highest BCUT2D eigenvalue weighted by molar-refractivity contribution is 7.11. The molecule has 1 amide bonds. The third kappa shape index (κ3) is 10.6. The van der Waals surface area contributed by atoms with Crippen LogP contribution in [0.25, 0.3) is 0 Å². The van der Waals surface area contributed by atoms with Crippen molar-refractivity contribution in [2.45, 2.75) is 57.2 Å². The number of thiophene rings is 1. The highest BCUT2D eigenvalue weighted by atomic mass is 32.1. The van der Waals surface area contributed by atoms with E-state index in [0.717, 1.165) is 65.3 Å². The minimum Gasteiger partial charge on any atom is -0.475 e. The van der Waals surface area contributed by atoms with E-state index >= 15 is 0 Å². The molecule has 2 N–H and O–H groups in total. The number of nitrogens with zero attached hydrogens (tertiary/aromatic N) is 3. The number of rotatable bonds is 5. The molecule has 3 aliphatic rings. The molecular weight excluding hydrogens is 560 g/mol. The van der Waals surface area contributed by atoms with Crippen molar-refractivity contribution in [2.24, 2.45) is 0 Å². The largest absolute Gasteiger partial charge is 0.490 e. The fourth-order valence-electron chi connectivity index (χ4n) is 4.57. The van der Waals surface area contributed by atoms with E-state index in [2.05, 4.69) is 33.8 Å². The Morgan fingerprint density at radius 1 is 0.949 bits per heavy atom. The molecule has 3 saturated heterocycles. The van der Waals surface area contributed by atoms with Gasteiger partial charge in [0, 0.05) is 67.5 Å². The van der Waals surface area contributed by atoms with Gasteiger partial charge in [0.1, 0.15) is 0 Å². The predicted octanol–water partition coefficient (Wildman–Crippen LogP) is 3.22. The molecule has 9 nitrogen and oxygen atoms in total. The second-order valence-electron chi connectivity index (χ2n) is 9.09. The first kappa shape index (κ1) is 32.8. The van der Waals surface area contributed by atoms with Crippen molar-refractivity contribution >= 4 is 29.2 Å². The molecule has 0 aromatic carbocycles. The van der Waals surface area contributed by atoms with Crippen molar-refractivity contribution in [3.8, 4) is 0 Å². The molecule has 2 atom stereocenters. The summed E-state index contributed by atoms with van der Waals surface area (Å²) in [4.78, 5) is 40.4. The number of ether oxygens (including phenoxy) is 1. The van der Waals surface area contributed by atoms with Gasteiger partial charge in [0.25, 0.3) is 0 Å². The third-order valence-corrected chi connectivity index (χ3v) is 7.39. The van der Waals surface area contributed by atoms with Crippen LogP contribution in [0, 0.1) is 6.92 Å². The number of carbonyl (C=O) groups is 3. The van der Waals surface area contributed by atoms with Crippen LogP contribution >= 0.6 is 11.3 Å². The molecule has 0 spiro atoms. The minimum absolute atomic E-state index is 0.364. The van der Waals surface area contributed by atoms with Gasteiger partial charge in [0.2, 0.25) is 5.91 Å². The maximum Gasteiger partial charge on any atom is 0.490 e. The van der Waals surface area contributed by atoms with Crippen LogP contribution < -0.4 is 0 Å². The number of likely N-dealkylation sites (tertiary alicyclic amines) is 2. The summed E-state index contributed by atoms with van der Waals surface area (Å²) in [5, 5.41) is 14.2. The van der Waals surface area contributed by atoms with Gasteiger partial charge in [-0.25, -0.2) is 9.59 Å². The van der Waals surface area contributed by atoms with E-state index in [4.69, 9.17) is 24.5 Å². The van der Waals surface area contributed by atoms with E-state index in [0.29, 0.717) is 24.4 Å². The lowest BCUT2D eigenvalue weighted by Gasteiger charge is -2.41. The number of piperidine rings is 1. The van der Waals surface area contributed by atoms with Gasteiger partial charge in [-0.1, -0.05) is 0 Å². The maximum atomic E-state index is 12.5. The van der Waals surface area contributed by atoms with Crippen LogP contribution in [0.4, 0.5) is 26.3 Å². The molecule has 1 aromatic heterocycles. The Hall–Kier alpha value is -2.43. The molecule has 0 radical (unpaired) electrons. The molecule has 4 heterocycles. The maximum absolute atomic E-state index is 12.5. The number of aryl methyl sites for hydroxylation is 1. The topological polar surface area (TPSA) is 111 Å². The molecule has 4 rings (SSSR count). The summed E-state index contributed by atoms with van der Waals surface area (Å²) in [5.41, 5.74) is 0. The Kier molecular flexibility index (Phi) is 12.0. The summed E-state index contributed by atoms with van der Waals surface area (Å²) < 4.78 is 68.9. The SMILES string of the molecule is Cc1ccc(CN2CC[C@@H]3[C@H]2CCC(=O)N3CCN2CCOCC2)s1.O=C(O)C(F)(F)F.O=C(O)C(F)(F)F. The van der Waals surface area contributed by atoms with Crippen LogP contribution in [0.1, 0.15) is 29.0 Å². The molecule has 1 aromatic rings. The first-order valence-corrected chi connectivity index (χ1v) is 12.9. The summed E-state index contributed by atoms with van der Waals surface area (Å²) in [6.07, 6.45) is -7.30. The van der Waals surface area contributed by atoms with Crippen molar-refractivity contribution in [2.75, 3.05) is 45.9 Å². The highest BCUT2D eigenvalue weighted by Crippen LogP contribution is 2.33. The van der Waals surface area contributed by atoms with E-state index in [1.54, 1.807) is 0 Å². The Bertz CT molecular complexity index is 943. The molecule has 3 fully saturated rings. The predicted molar refractivity (Wildman–Crippen MR) is 127 cm³/mol. The second kappa shape index (κ2) is 14.3. The van der Waals surface area contributed by atoms with Crippen LogP contribution in [-0.4, -0.2) is 113 Å². The first-order chi connectivity index (χ1) is 18.1. The zero-order chi connectivity index (χ0) is 29.4. The molecule has 0 unspecified atom stereocenters. The monoisotopic (exact) mass is 591 g/mol. The van der Waals surface area contributed by atoms with Crippen molar-refractivity contribution in [1.29, 1.82) is 0 Å². The minimum atomic E-state index is -5.08. The number of halogens is 6. The second-order valence-corrected chi connectivity index (χ2v) is 10.5. The molecule has 0 bridgehead atoms. The van der Waals surface area contributed by atoms with Gasteiger partial charge >= 0.3 is 24.3 Å². The number of carboxylic acids is 2. The van der Waals surface area contributed by atoms with Gasteiger partial charge in [0.05, 0.1) is 13.2 Å². The summed E-state index contributed by atoms with van der Waals surface area (Å²) in [6, 6.07) is 5.44. The first-order valence-electron chi connectivity index (χ1n) is 12.1. The standard InChI is InChI=1S/C19H29N3O2S.2C2HF3O2/c1-15-2-3-16(25-15)14-21-7-6-18-17(21)4-5-19(23)22(18)9-8-20-10-12-24-13-11-20;2*3-2(4,5)1(6)7/h2-3,17-18H,4-14H2,1H3;2*(H,6,7)/t17-,18-;;/m1../s1. The lowest BCUT2D eigenvalue weighted by atomic mass is 9.96. The molecular formula is C23H31F6N3O6S. The van der Waals surface area contributed by atoms with Crippen LogP contribution in [-0.2, 0) is 25.7 Å². The number of hydrogen-bond donors (Lipinski definition) is 2. The molecule has 3 aliphatic heterocycles. The quantitative estimate of drug-likeness (QED) is 0.503. The van der Waals surface area contributed by atoms with Gasteiger partial charge < -0.3 is 19.8 Å². The number of aliphatic carboxylic acids is 2. The van der Waals surface area contributed by atoms with Crippen LogP contribution in [0.3, 0.4) is 0 Å². The van der Waals surface area contributed by atoms with E-state index < -0.39 is 24.3 Å². The van der Waals surface area contributed by atoms with Gasteiger partial charge in [-0.3, -0.25) is 14.6 Å². The number of hydrogen-bond acceptors (Lipinski definition) is 7. The lowest BCUT2D eigenvalue weighted by Crippen LogP contribution is -2.54. The Labute approximate surface area is 224 Å². The van der Waals surface area contributed by atoms with Crippen molar-refractivity contribution < 1.29 is 55.7 Å². The van der Waals surface area contributed by atoms with Crippen molar-refractivity contribution in [3.63, 3.8) is 0 Å². The van der Waals surface area contributed by atoms with Gasteiger partial charge in [-0.2, -0.15) is 26.3 Å².